The molecule has 3 rings (SSSR count). The first kappa shape index (κ1) is 18.0. The van der Waals surface area contributed by atoms with Crippen LogP contribution in [-0.2, 0) is 17.9 Å². The number of hydrogen-bond donors (Lipinski definition) is 4. The zero-order chi connectivity index (χ0) is 18.8. The van der Waals surface area contributed by atoms with Gasteiger partial charge in [-0.25, -0.2) is 9.11 Å². The number of amides is 1. The Hall–Kier alpha value is -2.80. The van der Waals surface area contributed by atoms with Crippen LogP contribution >= 0.6 is 0 Å². The summed E-state index contributed by atoms with van der Waals surface area (Å²) in [5, 5.41) is 20.9. The van der Waals surface area contributed by atoms with Crippen LogP contribution in [0.5, 0.6) is 0 Å². The minimum absolute atomic E-state index is 0.149. The van der Waals surface area contributed by atoms with Gasteiger partial charge >= 0.3 is 0 Å². The quantitative estimate of drug-likeness (QED) is 0.658. The molecule has 26 heavy (non-hydrogen) atoms. The number of aliphatic hydroxyl groups is 1. The molecule has 0 spiro atoms. The number of hydrogen-bond acceptors (Lipinski definition) is 4. The molecule has 2 aromatic rings. The third-order valence-electron chi connectivity index (χ3n) is 3.92. The lowest BCUT2D eigenvalue weighted by atomic mass is 10.1. The number of aromatic nitrogens is 1. The Balaban J connectivity index is 1.97. The van der Waals surface area contributed by atoms with Crippen LogP contribution in [0, 0.1) is 21.9 Å². The average molecular weight is 373 g/mol. The second-order valence-electron chi connectivity index (χ2n) is 5.70. The highest BCUT2D eigenvalue weighted by Crippen LogP contribution is 2.25. The van der Waals surface area contributed by atoms with Gasteiger partial charge in [0.2, 0.25) is 0 Å². The zero-order valence-electron chi connectivity index (χ0n) is 13.8. The van der Waals surface area contributed by atoms with Crippen molar-refractivity contribution in [2.45, 2.75) is 10.9 Å². The van der Waals surface area contributed by atoms with E-state index in [4.69, 9.17) is 10.0 Å². The molecule has 1 aliphatic heterocycles. The van der Waals surface area contributed by atoms with Crippen molar-refractivity contribution in [1.29, 1.82) is 10.0 Å². The highest BCUT2D eigenvalue weighted by Gasteiger charge is 2.24. The summed E-state index contributed by atoms with van der Waals surface area (Å²) in [4.78, 5) is 13.4. The van der Waals surface area contributed by atoms with Crippen LogP contribution in [-0.4, -0.2) is 28.2 Å². The van der Waals surface area contributed by atoms with Crippen molar-refractivity contribution >= 4 is 28.5 Å². The number of aliphatic hydroxyl groups excluding tert-OH is 1. The summed E-state index contributed by atoms with van der Waals surface area (Å²) >= 11 is 0. The predicted molar refractivity (Wildman–Crippen MR) is 95.9 cm³/mol. The number of anilines is 1. The molecule has 134 valence electrons. The molecule has 1 aromatic carbocycles. The van der Waals surface area contributed by atoms with Gasteiger partial charge in [0.05, 0.1) is 23.1 Å². The van der Waals surface area contributed by atoms with Crippen molar-refractivity contribution in [2.75, 3.05) is 11.9 Å². The van der Waals surface area contributed by atoms with E-state index in [-0.39, 0.29) is 18.2 Å². The number of benzene rings is 1. The van der Waals surface area contributed by atoms with Crippen molar-refractivity contribution in [2.24, 2.45) is 7.05 Å². The Morgan fingerprint density at radius 3 is 3.04 bits per heavy atom. The van der Waals surface area contributed by atoms with Crippen LogP contribution < -0.4 is 10.0 Å². The van der Waals surface area contributed by atoms with Gasteiger partial charge < -0.3 is 15.0 Å². The summed E-state index contributed by atoms with van der Waals surface area (Å²) in [5.41, 5.74) is 1.08. The van der Waals surface area contributed by atoms with Crippen molar-refractivity contribution in [3.63, 3.8) is 0 Å². The standard InChI is InChI=1S/C17H16FN5O2S/c1-23-8-15-13(4-2-12(9-24)22-26(15)20)16(23)17(25)21-11-3-5-14(18)10(6-11)7-19/h2-6,8,12,24H,9H2,1H3,(H2,20,22)(H,21,25). The minimum atomic E-state index is -1.09. The second kappa shape index (κ2) is 7.21. The van der Waals surface area contributed by atoms with Gasteiger partial charge in [-0.1, -0.05) is 12.2 Å². The molecule has 0 aliphatic carbocycles. The minimum Gasteiger partial charge on any atom is -0.394 e. The van der Waals surface area contributed by atoms with E-state index >= 15 is 0 Å². The van der Waals surface area contributed by atoms with Gasteiger partial charge in [-0.3, -0.25) is 9.57 Å². The largest absolute Gasteiger partial charge is 0.394 e. The first-order chi connectivity index (χ1) is 12.4. The van der Waals surface area contributed by atoms with Crippen LogP contribution in [0.4, 0.5) is 10.1 Å². The molecule has 7 nitrogen and oxygen atoms in total. The molecule has 1 amide bonds. The van der Waals surface area contributed by atoms with Crippen molar-refractivity contribution in [3.05, 3.63) is 53.1 Å². The molecule has 9 heteroatoms. The number of nitrogens with zero attached hydrogens (tertiary/aromatic N) is 2. The van der Waals surface area contributed by atoms with Gasteiger partial charge in [0, 0.05) is 24.5 Å². The Morgan fingerprint density at radius 1 is 1.58 bits per heavy atom. The molecule has 4 N–H and O–H groups in total. The third-order valence-corrected chi connectivity index (χ3v) is 5.23. The lowest BCUT2D eigenvalue weighted by Gasteiger charge is -2.10. The molecule has 1 aliphatic rings. The van der Waals surface area contributed by atoms with E-state index < -0.39 is 22.6 Å². The third kappa shape index (κ3) is 3.30. The predicted octanol–water partition coefficient (Wildman–Crippen LogP) is 1.92. The first-order valence-electron chi connectivity index (χ1n) is 7.65. The maximum Gasteiger partial charge on any atom is 0.272 e. The smallest absolute Gasteiger partial charge is 0.272 e. The topological polar surface area (TPSA) is 114 Å². The van der Waals surface area contributed by atoms with E-state index in [2.05, 4.69) is 10.0 Å². The van der Waals surface area contributed by atoms with Crippen molar-refractivity contribution in [1.82, 2.24) is 9.29 Å². The van der Waals surface area contributed by atoms with E-state index in [1.807, 2.05) is 0 Å². The van der Waals surface area contributed by atoms with Gasteiger partial charge in [-0.15, -0.1) is 0 Å². The fourth-order valence-corrected chi connectivity index (χ4v) is 3.90. The number of aryl methyl sites for hydroxylation is 1. The van der Waals surface area contributed by atoms with E-state index in [0.29, 0.717) is 21.8 Å². The van der Waals surface area contributed by atoms with E-state index in [1.54, 1.807) is 36.0 Å². The van der Waals surface area contributed by atoms with Crippen LogP contribution in [0.15, 0.2) is 35.4 Å². The highest BCUT2D eigenvalue weighted by atomic mass is 32.2. The summed E-state index contributed by atoms with van der Waals surface area (Å²) in [5.74, 6) is -1.09. The summed E-state index contributed by atoms with van der Waals surface area (Å²) in [6, 6.07) is 5.14. The van der Waals surface area contributed by atoms with E-state index in [9.17, 15) is 14.3 Å². The van der Waals surface area contributed by atoms with Gasteiger partial charge in [-0.2, -0.15) is 5.26 Å². The number of halogens is 1. The number of rotatable bonds is 3. The SMILES string of the molecule is Cn1cc2c(c1C(=O)Nc1ccc(F)c(C#N)c1)C=CC(CO)NS2=N. The molecule has 2 heterocycles. The Labute approximate surface area is 151 Å². The molecular formula is C17H16FN5O2S. The zero-order valence-corrected chi connectivity index (χ0v) is 14.6. The average Bonchev–Trinajstić information content (AvgIpc) is 2.88. The van der Waals surface area contributed by atoms with Gasteiger partial charge in [0.1, 0.15) is 17.6 Å². The number of nitriles is 1. The molecule has 0 fully saturated rings. The van der Waals surface area contributed by atoms with Gasteiger partial charge in [-0.05, 0) is 29.1 Å². The van der Waals surface area contributed by atoms with Crippen LogP contribution in [0.25, 0.3) is 6.08 Å². The lowest BCUT2D eigenvalue weighted by Crippen LogP contribution is -2.30. The molecule has 1 aromatic heterocycles. The summed E-state index contributed by atoms with van der Waals surface area (Å²) in [6.45, 7) is -0.149. The molecule has 0 saturated carbocycles. The number of fused-ring (bicyclic) bond motifs is 1. The van der Waals surface area contributed by atoms with E-state index in [0.717, 1.165) is 6.07 Å². The maximum absolute atomic E-state index is 13.4. The summed E-state index contributed by atoms with van der Waals surface area (Å²) in [6.07, 6.45) is 5.12. The molecule has 2 unspecified atom stereocenters. The molecule has 0 saturated heterocycles. The summed E-state index contributed by atoms with van der Waals surface area (Å²) < 4.78 is 26.2. The Morgan fingerprint density at radius 2 is 2.35 bits per heavy atom. The first-order valence-corrected chi connectivity index (χ1v) is 8.88. The Kier molecular flexibility index (Phi) is 4.99. The molecule has 0 radical (unpaired) electrons. The fraction of sp³-hybridized carbons (Fsp3) is 0.176. The fourth-order valence-electron chi connectivity index (χ4n) is 2.67. The van der Waals surface area contributed by atoms with Crippen molar-refractivity contribution < 1.29 is 14.3 Å². The summed E-state index contributed by atoms with van der Waals surface area (Å²) in [7, 11) is 0.609. The van der Waals surface area contributed by atoms with Crippen LogP contribution in [0.1, 0.15) is 21.6 Å². The van der Waals surface area contributed by atoms with Crippen LogP contribution in [0.2, 0.25) is 0 Å². The molecular weight excluding hydrogens is 357 g/mol. The maximum atomic E-state index is 13.4. The Bertz CT molecular complexity index is 976. The second-order valence-corrected chi connectivity index (χ2v) is 6.99. The van der Waals surface area contributed by atoms with Gasteiger partial charge in [0.15, 0.2) is 0 Å². The van der Waals surface area contributed by atoms with Crippen LogP contribution in [0.3, 0.4) is 0 Å². The monoisotopic (exact) mass is 373 g/mol. The van der Waals surface area contributed by atoms with Gasteiger partial charge in [0.25, 0.3) is 5.91 Å². The van der Waals surface area contributed by atoms with E-state index in [1.165, 1.54) is 12.1 Å². The lowest BCUT2D eigenvalue weighted by molar-refractivity contribution is 0.101. The number of carbonyl (C=O) groups is 1. The highest BCUT2D eigenvalue weighted by molar-refractivity contribution is 7.84. The molecule has 2 atom stereocenters. The van der Waals surface area contributed by atoms with Crippen molar-refractivity contribution in [3.8, 4) is 6.07 Å². The normalized spacial score (nSPS) is 18.7. The molecule has 0 bridgehead atoms. The number of nitrogens with one attached hydrogen (secondary N) is 3. The number of carbonyl (C=O) groups excluding carboxylic acids is 1.